The van der Waals surface area contributed by atoms with Gasteiger partial charge in [0, 0.05) is 108 Å². The first-order valence-electron chi connectivity index (χ1n) is 24.8. The van der Waals surface area contributed by atoms with Crippen molar-refractivity contribution in [3.8, 4) is 0 Å². The number of carbonyl (C=O) groups is 3. The summed E-state index contributed by atoms with van der Waals surface area (Å²) < 4.78 is 101. The van der Waals surface area contributed by atoms with Crippen LogP contribution in [0.25, 0.3) is 0 Å². The molecule has 3 aliphatic rings. The van der Waals surface area contributed by atoms with Gasteiger partial charge >= 0.3 is 5.97 Å². The summed E-state index contributed by atoms with van der Waals surface area (Å²) in [6, 6.07) is 9.89. The van der Waals surface area contributed by atoms with Gasteiger partial charge in [0.2, 0.25) is 15.7 Å². The van der Waals surface area contributed by atoms with E-state index in [1.54, 1.807) is 45.6 Å². The number of benzene rings is 2. The number of allylic oxidation sites excluding steroid dienone is 4. The molecule has 0 aliphatic carbocycles. The van der Waals surface area contributed by atoms with Crippen LogP contribution in [-0.4, -0.2) is 155 Å². The molecular weight excluding hydrogens is 973 g/mol. The molecule has 2 N–H and O–H groups in total. The number of nitrogens with zero attached hydrogens (tertiary/aromatic N) is 3. The van der Waals surface area contributed by atoms with Crippen LogP contribution in [0.15, 0.2) is 70.1 Å². The number of anilines is 1. The predicted molar refractivity (Wildman–Crippen MR) is 269 cm³/mol. The van der Waals surface area contributed by atoms with Gasteiger partial charge < -0.3 is 38.2 Å². The first-order valence-corrected chi connectivity index (χ1v) is 27.7. The Hall–Kier alpha value is -4.42. The van der Waals surface area contributed by atoms with E-state index in [-0.39, 0.29) is 35.6 Å². The Morgan fingerprint density at radius 3 is 2.04 bits per heavy atom. The molecule has 5 rings (SSSR count). The second-order valence-corrected chi connectivity index (χ2v) is 21.6. The Kier molecular flexibility index (Phi) is 22.5. The molecule has 2 unspecified atom stereocenters. The number of sulfonamides is 1. The molecule has 1 saturated heterocycles. The average Bonchev–Trinajstić information content (AvgIpc) is 3.88. The number of methoxy groups -OCH3 is 3. The lowest BCUT2D eigenvalue weighted by molar-refractivity contribution is -0.438. The van der Waals surface area contributed by atoms with E-state index in [9.17, 15) is 35.8 Å². The van der Waals surface area contributed by atoms with Gasteiger partial charge in [-0.05, 0) is 81.5 Å². The molecule has 2 atom stereocenters. The van der Waals surface area contributed by atoms with Gasteiger partial charge in [0.1, 0.15) is 6.54 Å². The first kappa shape index (κ1) is 58.5. The van der Waals surface area contributed by atoms with Crippen LogP contribution in [0.1, 0.15) is 103 Å². The molecule has 2 aromatic carbocycles. The third kappa shape index (κ3) is 15.1. The standard InChI is InChI=1S/C51H74N4O15S2/c1-7-8-26-53-43-20-18-40(72(61,62)63)38-42(43)50(2,23-11-9-10-16-49(58)70-55-47(56)21-22-48(55)57)45(53)14-12-15-46-51(3,24-29-68-35-32-65-5)41-37-39(71(59,60)52-25-13-28-67-34-31-64-4)17-19-44(41)54(46)27-30-69-36-33-66-6/h12,14-15,17-20,37-38,52H,7-11,13,16,21-36H2,1-6H3/p+1. The van der Waals surface area contributed by atoms with Gasteiger partial charge in [-0.2, -0.15) is 13.0 Å². The van der Waals surface area contributed by atoms with E-state index in [2.05, 4.69) is 35.0 Å². The minimum atomic E-state index is -4.55. The van der Waals surface area contributed by atoms with E-state index < -0.39 is 48.8 Å². The van der Waals surface area contributed by atoms with Gasteiger partial charge in [0.05, 0.1) is 61.5 Å². The summed E-state index contributed by atoms with van der Waals surface area (Å²) in [4.78, 5) is 43.8. The lowest BCUT2D eigenvalue weighted by atomic mass is 9.75. The summed E-state index contributed by atoms with van der Waals surface area (Å²) in [5.74, 6) is -1.76. The second-order valence-electron chi connectivity index (χ2n) is 18.4. The summed E-state index contributed by atoms with van der Waals surface area (Å²) in [7, 11) is -3.67. The predicted octanol–water partition coefficient (Wildman–Crippen LogP) is 5.91. The van der Waals surface area contributed by atoms with Crippen LogP contribution in [0.2, 0.25) is 0 Å². The highest BCUT2D eigenvalue weighted by Crippen LogP contribution is 2.51. The van der Waals surface area contributed by atoms with E-state index in [0.717, 1.165) is 46.8 Å². The fourth-order valence-corrected chi connectivity index (χ4v) is 10.9. The SMILES string of the molecule is CCCC[N+]1=C(C=CC=C2N(CCOCCOC)c3ccc(S(=O)(=O)NCCCOCCOC)cc3C2(C)CCOCCOC)C(C)(CCCCCC(=O)ON2C(=O)CCC2=O)c2cc(S(=O)(=O)O)ccc21. The van der Waals surface area contributed by atoms with Crippen LogP contribution in [0, 0.1) is 0 Å². The minimum absolute atomic E-state index is 0.00410. The zero-order chi connectivity index (χ0) is 52.4. The van der Waals surface area contributed by atoms with Gasteiger partial charge in [-0.3, -0.25) is 14.1 Å². The summed E-state index contributed by atoms with van der Waals surface area (Å²) in [5, 5.41) is 0.546. The molecule has 21 heteroatoms. The lowest BCUT2D eigenvalue weighted by Gasteiger charge is -2.30. The molecule has 0 bridgehead atoms. The normalized spacial score (nSPS) is 19.7. The van der Waals surface area contributed by atoms with E-state index in [0.29, 0.717) is 116 Å². The largest absolute Gasteiger partial charge is 0.382 e. The Morgan fingerprint density at radius 2 is 1.39 bits per heavy atom. The van der Waals surface area contributed by atoms with Crippen molar-refractivity contribution in [2.75, 3.05) is 105 Å². The van der Waals surface area contributed by atoms with Crippen molar-refractivity contribution in [1.82, 2.24) is 9.79 Å². The highest BCUT2D eigenvalue weighted by Gasteiger charge is 2.48. The third-order valence-electron chi connectivity index (χ3n) is 13.3. The monoisotopic (exact) mass is 1050 g/mol. The zero-order valence-corrected chi connectivity index (χ0v) is 44.4. The molecule has 0 aromatic heterocycles. The first-order chi connectivity index (χ1) is 34.5. The molecular formula is C51H75N4O15S2+. The van der Waals surface area contributed by atoms with Crippen LogP contribution in [-0.2, 0) is 78.6 Å². The van der Waals surface area contributed by atoms with E-state index in [4.69, 9.17) is 33.3 Å². The maximum Gasteiger partial charge on any atom is 0.333 e. The second kappa shape index (κ2) is 27.8. The van der Waals surface area contributed by atoms with Crippen LogP contribution in [0.5, 0.6) is 0 Å². The molecule has 72 heavy (non-hydrogen) atoms. The molecule has 0 radical (unpaired) electrons. The van der Waals surface area contributed by atoms with Gasteiger partial charge in [-0.15, -0.1) is 5.06 Å². The van der Waals surface area contributed by atoms with Crippen molar-refractivity contribution in [2.24, 2.45) is 0 Å². The number of fused-ring (bicyclic) bond motifs is 2. The van der Waals surface area contributed by atoms with Gasteiger partial charge in [-0.25, -0.2) is 17.9 Å². The number of imide groups is 1. The quantitative estimate of drug-likeness (QED) is 0.0359. The van der Waals surface area contributed by atoms with Crippen molar-refractivity contribution in [1.29, 1.82) is 0 Å². The van der Waals surface area contributed by atoms with E-state index in [1.165, 1.54) is 6.07 Å². The van der Waals surface area contributed by atoms with Gasteiger partial charge in [0.15, 0.2) is 5.71 Å². The number of amides is 2. The number of ether oxygens (including phenoxy) is 6. The topological polar surface area (TPSA) is 226 Å². The molecule has 3 aliphatic heterocycles. The molecule has 2 amide bonds. The molecule has 0 spiro atoms. The Bertz CT molecular complexity index is 2480. The van der Waals surface area contributed by atoms with Crippen molar-refractivity contribution in [3.63, 3.8) is 0 Å². The molecule has 2 aromatic rings. The van der Waals surface area contributed by atoms with Crippen molar-refractivity contribution in [3.05, 3.63) is 71.5 Å². The highest BCUT2D eigenvalue weighted by atomic mass is 32.2. The minimum Gasteiger partial charge on any atom is -0.382 e. The molecule has 19 nitrogen and oxygen atoms in total. The third-order valence-corrected chi connectivity index (χ3v) is 15.6. The highest BCUT2D eigenvalue weighted by molar-refractivity contribution is 7.89. The number of rotatable bonds is 34. The number of hydrogen-bond acceptors (Lipinski definition) is 15. The fourth-order valence-electron chi connectivity index (χ4n) is 9.30. The number of hydrogen-bond donors (Lipinski definition) is 2. The maximum atomic E-state index is 13.8. The van der Waals surface area contributed by atoms with Crippen molar-refractivity contribution >= 4 is 55.0 Å². The Labute approximate surface area is 425 Å². The fraction of sp³-hybridized carbons (Fsp3) is 0.608. The van der Waals surface area contributed by atoms with Gasteiger partial charge in [0.25, 0.3) is 21.9 Å². The van der Waals surface area contributed by atoms with Crippen LogP contribution in [0.3, 0.4) is 0 Å². The summed E-state index contributed by atoms with van der Waals surface area (Å²) in [6.45, 7) is 11.0. The molecule has 3 heterocycles. The number of unbranched alkanes of at least 4 members (excludes halogenated alkanes) is 3. The number of carbonyl (C=O) groups excluding carboxylic acids is 3. The number of nitrogens with one attached hydrogen (secondary N) is 1. The van der Waals surface area contributed by atoms with E-state index >= 15 is 0 Å². The van der Waals surface area contributed by atoms with Crippen LogP contribution >= 0.6 is 0 Å². The number of hydroxylamine groups is 2. The summed E-state index contributed by atoms with van der Waals surface area (Å²) in [6.07, 6.45) is 10.9. The van der Waals surface area contributed by atoms with Crippen LogP contribution in [0.4, 0.5) is 11.4 Å². The van der Waals surface area contributed by atoms with Crippen molar-refractivity contribution in [2.45, 2.75) is 112 Å². The van der Waals surface area contributed by atoms with Crippen LogP contribution < -0.4 is 9.62 Å². The smallest absolute Gasteiger partial charge is 0.333 e. The van der Waals surface area contributed by atoms with E-state index in [1.807, 2.05) is 24.3 Å². The summed E-state index contributed by atoms with van der Waals surface area (Å²) >= 11 is 0. The maximum absolute atomic E-state index is 13.8. The summed E-state index contributed by atoms with van der Waals surface area (Å²) in [5.41, 5.74) is 3.41. The Balaban J connectivity index is 1.53. The van der Waals surface area contributed by atoms with Gasteiger partial charge in [-0.1, -0.05) is 32.3 Å². The molecule has 400 valence electrons. The zero-order valence-electron chi connectivity index (χ0n) is 42.8. The average molecular weight is 1050 g/mol. The molecule has 1 fully saturated rings. The Morgan fingerprint density at radius 1 is 0.750 bits per heavy atom. The lowest BCUT2D eigenvalue weighted by Crippen LogP contribution is -2.33. The van der Waals surface area contributed by atoms with Crippen molar-refractivity contribution < 1.29 is 73.6 Å². The molecule has 0 saturated carbocycles.